The summed E-state index contributed by atoms with van der Waals surface area (Å²) in [5, 5.41) is 0. The number of hydrogen-bond donors (Lipinski definition) is 0. The number of hydrogen-bond acceptors (Lipinski definition) is 5. The van der Waals surface area contributed by atoms with Gasteiger partial charge in [0.15, 0.2) is 0 Å². The molecule has 1 fully saturated rings. The second-order valence-corrected chi connectivity index (χ2v) is 7.20. The summed E-state index contributed by atoms with van der Waals surface area (Å²) in [7, 11) is 1.62. The highest BCUT2D eigenvalue weighted by Crippen LogP contribution is 2.15. The zero-order valence-electron chi connectivity index (χ0n) is 15.6. The third-order valence-corrected chi connectivity index (χ3v) is 3.77. The molecule has 6 nitrogen and oxygen atoms in total. The van der Waals surface area contributed by atoms with Crippen LogP contribution in [-0.4, -0.2) is 62.2 Å². The summed E-state index contributed by atoms with van der Waals surface area (Å²) in [6, 6.07) is 9.97. The maximum atomic E-state index is 12.4. The van der Waals surface area contributed by atoms with Crippen molar-refractivity contribution in [1.82, 2.24) is 4.90 Å². The Bertz CT molecular complexity index is 528. The molecule has 1 aromatic carbocycles. The molecule has 6 heteroatoms. The third kappa shape index (κ3) is 7.02. The van der Waals surface area contributed by atoms with Crippen molar-refractivity contribution in [1.29, 1.82) is 0 Å². The normalized spacial score (nSPS) is 21.7. The van der Waals surface area contributed by atoms with Gasteiger partial charge >= 0.3 is 6.09 Å². The standard InChI is InChI=1S/C19H29NO5/c1-19(2,3)25-18(21)20-10-16(22-4)14-24-17(11-20)13-23-12-15-8-6-5-7-9-15/h5-9,16-17H,10-14H2,1-4H3/t16-,17+/m1/s1. The van der Waals surface area contributed by atoms with E-state index in [1.54, 1.807) is 12.0 Å². The summed E-state index contributed by atoms with van der Waals surface area (Å²) in [6.07, 6.45) is -0.740. The molecule has 2 rings (SSSR count). The fraction of sp³-hybridized carbons (Fsp3) is 0.632. The number of rotatable bonds is 5. The highest BCUT2D eigenvalue weighted by molar-refractivity contribution is 5.68. The van der Waals surface area contributed by atoms with Crippen molar-refractivity contribution in [2.75, 3.05) is 33.4 Å². The first-order valence-corrected chi connectivity index (χ1v) is 8.61. The number of benzene rings is 1. The number of nitrogens with zero attached hydrogens (tertiary/aromatic N) is 1. The molecule has 1 aliphatic heterocycles. The number of amides is 1. The van der Waals surface area contributed by atoms with Crippen molar-refractivity contribution in [2.45, 2.75) is 45.2 Å². The minimum absolute atomic E-state index is 0.174. The molecule has 0 aliphatic carbocycles. The van der Waals surface area contributed by atoms with Crippen LogP contribution in [0.25, 0.3) is 0 Å². The van der Waals surface area contributed by atoms with E-state index in [4.69, 9.17) is 18.9 Å². The van der Waals surface area contributed by atoms with Crippen LogP contribution in [0, 0.1) is 0 Å². The zero-order valence-corrected chi connectivity index (χ0v) is 15.6. The zero-order chi connectivity index (χ0) is 18.3. The van der Waals surface area contributed by atoms with Crippen LogP contribution >= 0.6 is 0 Å². The highest BCUT2D eigenvalue weighted by Gasteiger charge is 2.30. The molecule has 0 radical (unpaired) electrons. The van der Waals surface area contributed by atoms with Crippen molar-refractivity contribution in [3.05, 3.63) is 35.9 Å². The van der Waals surface area contributed by atoms with Gasteiger partial charge in [0, 0.05) is 7.11 Å². The first kappa shape index (κ1) is 19.7. The molecule has 0 spiro atoms. The lowest BCUT2D eigenvalue weighted by atomic mass is 10.2. The fourth-order valence-corrected chi connectivity index (χ4v) is 2.52. The van der Waals surface area contributed by atoms with Crippen LogP contribution in [0.4, 0.5) is 4.79 Å². The van der Waals surface area contributed by atoms with Gasteiger partial charge in [0.25, 0.3) is 0 Å². The molecule has 0 bridgehead atoms. The highest BCUT2D eigenvalue weighted by atomic mass is 16.6. The van der Waals surface area contributed by atoms with Crippen LogP contribution < -0.4 is 0 Å². The molecule has 1 heterocycles. The number of ether oxygens (including phenoxy) is 4. The third-order valence-electron chi connectivity index (χ3n) is 3.77. The molecular formula is C19H29NO5. The maximum Gasteiger partial charge on any atom is 0.410 e. The van der Waals surface area contributed by atoms with Crippen molar-refractivity contribution in [3.8, 4) is 0 Å². The SMILES string of the molecule is CO[C@H]1CO[C@H](COCc2ccccc2)CN(C(=O)OC(C)(C)C)C1. The Hall–Kier alpha value is -1.63. The molecule has 1 aromatic rings. The summed E-state index contributed by atoms with van der Waals surface area (Å²) in [6.45, 7) is 7.78. The van der Waals surface area contributed by atoms with Gasteiger partial charge in [-0.15, -0.1) is 0 Å². The summed E-state index contributed by atoms with van der Waals surface area (Å²) in [5.74, 6) is 0. The second-order valence-electron chi connectivity index (χ2n) is 7.20. The molecular weight excluding hydrogens is 322 g/mol. The molecule has 25 heavy (non-hydrogen) atoms. The summed E-state index contributed by atoms with van der Waals surface area (Å²) in [5.41, 5.74) is 0.571. The second kappa shape index (κ2) is 9.17. The van der Waals surface area contributed by atoms with Crippen molar-refractivity contribution in [3.63, 3.8) is 0 Å². The minimum Gasteiger partial charge on any atom is -0.444 e. The number of carbonyl (C=O) groups excluding carboxylic acids is 1. The van der Waals surface area contributed by atoms with Gasteiger partial charge in [0.1, 0.15) is 5.60 Å². The Morgan fingerprint density at radius 1 is 1.24 bits per heavy atom. The number of carbonyl (C=O) groups is 1. The van der Waals surface area contributed by atoms with Crippen molar-refractivity contribution in [2.24, 2.45) is 0 Å². The van der Waals surface area contributed by atoms with E-state index in [-0.39, 0.29) is 18.3 Å². The first-order chi connectivity index (χ1) is 11.9. The van der Waals surface area contributed by atoms with E-state index < -0.39 is 5.60 Å². The maximum absolute atomic E-state index is 12.4. The minimum atomic E-state index is -0.536. The Morgan fingerprint density at radius 2 is 1.96 bits per heavy atom. The van der Waals surface area contributed by atoms with Crippen molar-refractivity contribution >= 4 is 6.09 Å². The summed E-state index contributed by atoms with van der Waals surface area (Å²) < 4.78 is 22.5. The van der Waals surface area contributed by atoms with Gasteiger partial charge in [-0.3, -0.25) is 0 Å². The van der Waals surface area contributed by atoms with Crippen LogP contribution in [0.1, 0.15) is 26.3 Å². The van der Waals surface area contributed by atoms with Gasteiger partial charge < -0.3 is 23.8 Å². The molecule has 0 aromatic heterocycles. The molecule has 1 aliphatic rings. The smallest absolute Gasteiger partial charge is 0.410 e. The Labute approximate surface area is 150 Å². The van der Waals surface area contributed by atoms with E-state index in [0.717, 1.165) is 5.56 Å². The first-order valence-electron chi connectivity index (χ1n) is 8.61. The Kier molecular flexibility index (Phi) is 7.23. The largest absolute Gasteiger partial charge is 0.444 e. The van der Waals surface area contributed by atoms with Crippen LogP contribution in [0.15, 0.2) is 30.3 Å². The van der Waals surface area contributed by atoms with E-state index in [1.165, 1.54) is 0 Å². The van der Waals surface area contributed by atoms with Crippen molar-refractivity contribution < 1.29 is 23.7 Å². The molecule has 1 amide bonds. The molecule has 140 valence electrons. The summed E-state index contributed by atoms with van der Waals surface area (Å²) in [4.78, 5) is 14.1. The quantitative estimate of drug-likeness (QED) is 0.816. The Balaban J connectivity index is 1.90. The fourth-order valence-electron chi connectivity index (χ4n) is 2.52. The monoisotopic (exact) mass is 351 g/mol. The van der Waals surface area contributed by atoms with E-state index in [9.17, 15) is 4.79 Å². The molecule has 0 saturated carbocycles. The van der Waals surface area contributed by atoms with Gasteiger partial charge in [-0.1, -0.05) is 30.3 Å². The molecule has 1 saturated heterocycles. The van der Waals surface area contributed by atoms with Gasteiger partial charge in [-0.05, 0) is 26.3 Å². The van der Waals surface area contributed by atoms with Crippen LogP contribution in [-0.2, 0) is 25.6 Å². The van der Waals surface area contributed by atoms with Gasteiger partial charge in [-0.2, -0.15) is 0 Å². The molecule has 0 unspecified atom stereocenters. The predicted octanol–water partition coefficient (Wildman–Crippen LogP) is 2.85. The van der Waals surface area contributed by atoms with Gasteiger partial charge in [-0.25, -0.2) is 4.79 Å². The lowest BCUT2D eigenvalue weighted by Gasteiger charge is -2.28. The predicted molar refractivity (Wildman–Crippen MR) is 94.4 cm³/mol. The van der Waals surface area contributed by atoms with E-state index >= 15 is 0 Å². The average Bonchev–Trinajstić information content (AvgIpc) is 2.77. The van der Waals surface area contributed by atoms with E-state index in [2.05, 4.69) is 0 Å². The summed E-state index contributed by atoms with van der Waals surface area (Å²) >= 11 is 0. The molecule has 2 atom stereocenters. The van der Waals surface area contributed by atoms with E-state index in [1.807, 2.05) is 51.1 Å². The lowest BCUT2D eigenvalue weighted by molar-refractivity contribution is -0.0445. The van der Waals surface area contributed by atoms with E-state index in [0.29, 0.717) is 32.9 Å². The molecule has 0 N–H and O–H groups in total. The van der Waals surface area contributed by atoms with Crippen LogP contribution in [0.3, 0.4) is 0 Å². The topological polar surface area (TPSA) is 57.2 Å². The van der Waals surface area contributed by atoms with Crippen LogP contribution in [0.2, 0.25) is 0 Å². The van der Waals surface area contributed by atoms with Gasteiger partial charge in [0.2, 0.25) is 0 Å². The average molecular weight is 351 g/mol. The van der Waals surface area contributed by atoms with Gasteiger partial charge in [0.05, 0.1) is 45.1 Å². The Morgan fingerprint density at radius 3 is 2.60 bits per heavy atom. The number of methoxy groups -OCH3 is 1. The lowest BCUT2D eigenvalue weighted by Crippen LogP contribution is -2.43. The van der Waals surface area contributed by atoms with Crippen LogP contribution in [0.5, 0.6) is 0 Å².